The minimum atomic E-state index is -0.461. The van der Waals surface area contributed by atoms with Gasteiger partial charge in [0.05, 0.1) is 20.1 Å². The fourth-order valence-corrected chi connectivity index (χ4v) is 3.65. The van der Waals surface area contributed by atoms with Crippen LogP contribution in [-0.4, -0.2) is 54.5 Å². The molecular formula is C20H31N2O3+. The average Bonchev–Trinajstić information content (AvgIpc) is 2.98. The first-order valence-electron chi connectivity index (χ1n) is 9.31. The maximum absolute atomic E-state index is 12.3. The van der Waals surface area contributed by atoms with Crippen LogP contribution in [0.15, 0.2) is 18.2 Å². The van der Waals surface area contributed by atoms with Crippen LogP contribution in [0.5, 0.6) is 5.75 Å². The van der Waals surface area contributed by atoms with E-state index in [-0.39, 0.29) is 6.09 Å². The fraction of sp³-hybridized carbons (Fsp3) is 0.650. The van der Waals surface area contributed by atoms with Crippen molar-refractivity contribution < 1.29 is 18.8 Å². The normalized spacial score (nSPS) is 19.4. The van der Waals surface area contributed by atoms with Gasteiger partial charge in [0.25, 0.3) is 0 Å². The van der Waals surface area contributed by atoms with Gasteiger partial charge in [0.15, 0.2) is 0 Å². The molecule has 0 unspecified atom stereocenters. The minimum Gasteiger partial charge on any atom is -0.445 e. The maximum atomic E-state index is 12.3. The van der Waals surface area contributed by atoms with Crippen molar-refractivity contribution in [3.63, 3.8) is 0 Å². The third-order valence-corrected chi connectivity index (χ3v) is 5.05. The van der Waals surface area contributed by atoms with Gasteiger partial charge < -0.3 is 14.4 Å². The predicted octanol–water partition coefficient (Wildman–Crippen LogP) is 3.56. The Bertz CT molecular complexity index is 630. The third kappa shape index (κ3) is 4.46. The highest BCUT2D eigenvalue weighted by Gasteiger charge is 2.29. The Labute approximate surface area is 151 Å². The highest BCUT2D eigenvalue weighted by atomic mass is 16.6. The van der Waals surface area contributed by atoms with Gasteiger partial charge in [-0.25, -0.2) is 4.79 Å². The van der Waals surface area contributed by atoms with Crippen LogP contribution in [0.1, 0.15) is 44.7 Å². The van der Waals surface area contributed by atoms with Crippen molar-refractivity contribution in [2.45, 2.75) is 52.2 Å². The molecule has 0 bridgehead atoms. The van der Waals surface area contributed by atoms with E-state index in [9.17, 15) is 4.79 Å². The van der Waals surface area contributed by atoms with E-state index in [1.165, 1.54) is 37.1 Å². The van der Waals surface area contributed by atoms with E-state index in [0.29, 0.717) is 13.1 Å². The van der Waals surface area contributed by atoms with E-state index in [1.807, 2.05) is 26.8 Å². The number of hydrogen-bond acceptors (Lipinski definition) is 3. The van der Waals surface area contributed by atoms with Crippen molar-refractivity contribution in [2.75, 3.05) is 33.4 Å². The summed E-state index contributed by atoms with van der Waals surface area (Å²) in [5, 5.41) is 0. The van der Waals surface area contributed by atoms with Gasteiger partial charge in [-0.15, -0.1) is 0 Å². The summed E-state index contributed by atoms with van der Waals surface area (Å²) >= 11 is 0. The fourth-order valence-electron chi connectivity index (χ4n) is 3.65. The van der Waals surface area contributed by atoms with Crippen molar-refractivity contribution in [3.05, 3.63) is 29.3 Å². The molecule has 0 radical (unpaired) electrons. The molecule has 1 fully saturated rings. The molecule has 0 aliphatic carbocycles. The molecule has 138 valence electrons. The summed E-state index contributed by atoms with van der Waals surface area (Å²) < 4.78 is 12.7. The summed E-state index contributed by atoms with van der Waals surface area (Å²) in [5.41, 5.74) is 1.95. The van der Waals surface area contributed by atoms with Crippen molar-refractivity contribution >= 4 is 6.09 Å². The van der Waals surface area contributed by atoms with Gasteiger partial charge in [-0.3, -0.25) is 4.48 Å². The van der Waals surface area contributed by atoms with E-state index in [0.717, 1.165) is 23.4 Å². The second-order valence-corrected chi connectivity index (χ2v) is 8.59. The van der Waals surface area contributed by atoms with Gasteiger partial charge in [0, 0.05) is 31.5 Å². The number of carbonyl (C=O) groups excluding carboxylic acids is 1. The molecule has 25 heavy (non-hydrogen) atoms. The van der Waals surface area contributed by atoms with Crippen molar-refractivity contribution in [2.24, 2.45) is 0 Å². The zero-order valence-electron chi connectivity index (χ0n) is 16.0. The van der Waals surface area contributed by atoms with Gasteiger partial charge >= 0.3 is 6.09 Å². The van der Waals surface area contributed by atoms with Crippen LogP contribution in [0.3, 0.4) is 0 Å². The number of carbonyl (C=O) groups is 1. The first-order valence-corrected chi connectivity index (χ1v) is 9.31. The third-order valence-electron chi connectivity index (χ3n) is 5.05. The second-order valence-electron chi connectivity index (χ2n) is 8.59. The monoisotopic (exact) mass is 347 g/mol. The van der Waals surface area contributed by atoms with Crippen LogP contribution in [0.25, 0.3) is 0 Å². The number of fused-ring (bicyclic) bond motifs is 1. The van der Waals surface area contributed by atoms with Gasteiger partial charge in [-0.1, -0.05) is 12.1 Å². The quantitative estimate of drug-likeness (QED) is 0.785. The number of nitrogens with zero attached hydrogens (tertiary/aromatic N) is 2. The Balaban J connectivity index is 1.67. The van der Waals surface area contributed by atoms with Gasteiger partial charge in [0.1, 0.15) is 11.4 Å². The highest BCUT2D eigenvalue weighted by Crippen LogP contribution is 2.29. The summed E-state index contributed by atoms with van der Waals surface area (Å²) in [7, 11) is 2.27. The number of benzene rings is 1. The zero-order valence-corrected chi connectivity index (χ0v) is 16.0. The molecule has 1 amide bonds. The lowest BCUT2D eigenvalue weighted by atomic mass is 9.99. The molecular weight excluding hydrogens is 316 g/mol. The van der Waals surface area contributed by atoms with E-state index in [1.54, 1.807) is 4.90 Å². The summed E-state index contributed by atoms with van der Waals surface area (Å²) in [6.45, 7) is 10.1. The molecule has 2 heterocycles. The first kappa shape index (κ1) is 18.1. The maximum Gasteiger partial charge on any atom is 0.410 e. The average molecular weight is 347 g/mol. The number of hydrogen-bond donors (Lipinski definition) is 0. The molecule has 1 saturated heterocycles. The molecule has 0 spiro atoms. The van der Waals surface area contributed by atoms with Crippen LogP contribution >= 0.6 is 0 Å². The standard InChI is InChI=1S/C20H31N2O3/c1-20(2,3)25-19(23)21-11-10-17-16(14-21)8-7-9-18(17)24-15-22(4)12-5-6-13-22/h7-9H,5-6,10-15H2,1-4H3/q+1. The zero-order chi connectivity index (χ0) is 18.1. The topological polar surface area (TPSA) is 38.8 Å². The van der Waals surface area contributed by atoms with Crippen LogP contribution in [0, 0.1) is 0 Å². The molecule has 1 aromatic rings. The molecule has 2 aliphatic rings. The Kier molecular flexibility index (Phi) is 4.96. The van der Waals surface area contributed by atoms with Crippen molar-refractivity contribution in [1.29, 1.82) is 0 Å². The first-order chi connectivity index (χ1) is 11.8. The molecule has 0 atom stereocenters. The number of likely N-dealkylation sites (tertiary alicyclic amines) is 1. The largest absolute Gasteiger partial charge is 0.445 e. The summed E-state index contributed by atoms with van der Waals surface area (Å²) in [4.78, 5) is 14.1. The molecule has 0 N–H and O–H groups in total. The summed E-state index contributed by atoms with van der Waals surface area (Å²) in [6, 6.07) is 6.17. The Morgan fingerprint density at radius 3 is 2.64 bits per heavy atom. The number of amides is 1. The van der Waals surface area contributed by atoms with Crippen LogP contribution in [0.4, 0.5) is 4.79 Å². The molecule has 1 aromatic carbocycles. The van der Waals surface area contributed by atoms with Crippen LogP contribution in [0.2, 0.25) is 0 Å². The number of quaternary nitrogens is 1. The molecule has 0 aromatic heterocycles. The lowest BCUT2D eigenvalue weighted by Crippen LogP contribution is -2.44. The lowest BCUT2D eigenvalue weighted by molar-refractivity contribution is -0.912. The minimum absolute atomic E-state index is 0.236. The molecule has 2 aliphatic heterocycles. The Hall–Kier alpha value is -1.75. The van der Waals surface area contributed by atoms with E-state index < -0.39 is 5.60 Å². The predicted molar refractivity (Wildman–Crippen MR) is 97.4 cm³/mol. The highest BCUT2D eigenvalue weighted by molar-refractivity contribution is 5.69. The smallest absolute Gasteiger partial charge is 0.410 e. The second kappa shape index (κ2) is 6.87. The number of rotatable bonds is 3. The van der Waals surface area contributed by atoms with Crippen LogP contribution in [-0.2, 0) is 17.7 Å². The van der Waals surface area contributed by atoms with E-state index >= 15 is 0 Å². The summed E-state index contributed by atoms with van der Waals surface area (Å²) in [6.07, 6.45) is 3.16. The Morgan fingerprint density at radius 1 is 1.24 bits per heavy atom. The van der Waals surface area contributed by atoms with E-state index in [4.69, 9.17) is 9.47 Å². The molecule has 5 nitrogen and oxygen atoms in total. The van der Waals surface area contributed by atoms with Gasteiger partial charge in [-0.05, 0) is 38.8 Å². The van der Waals surface area contributed by atoms with E-state index in [2.05, 4.69) is 19.2 Å². The Morgan fingerprint density at radius 2 is 1.96 bits per heavy atom. The van der Waals surface area contributed by atoms with Gasteiger partial charge in [-0.2, -0.15) is 0 Å². The number of ether oxygens (including phenoxy) is 2. The summed E-state index contributed by atoms with van der Waals surface area (Å²) in [5.74, 6) is 0.979. The molecule has 5 heteroatoms. The van der Waals surface area contributed by atoms with Crippen molar-refractivity contribution in [3.8, 4) is 5.75 Å². The van der Waals surface area contributed by atoms with Gasteiger partial charge in [0.2, 0.25) is 6.73 Å². The molecule has 0 saturated carbocycles. The van der Waals surface area contributed by atoms with Crippen LogP contribution < -0.4 is 4.74 Å². The SMILES string of the molecule is CC(C)(C)OC(=O)N1CCc2c(cccc2OC[N+]2(C)CCCC2)C1. The molecule has 3 rings (SSSR count). The lowest BCUT2D eigenvalue weighted by Gasteiger charge is -2.33. The van der Waals surface area contributed by atoms with Crippen molar-refractivity contribution in [1.82, 2.24) is 4.90 Å².